The fourth-order valence-electron chi connectivity index (χ4n) is 2.36. The first-order valence-electron chi connectivity index (χ1n) is 5.58. The third-order valence-corrected chi connectivity index (χ3v) is 3.21. The summed E-state index contributed by atoms with van der Waals surface area (Å²) >= 11 is 0. The van der Waals surface area contributed by atoms with E-state index in [4.69, 9.17) is 0 Å². The van der Waals surface area contributed by atoms with Gasteiger partial charge in [0.2, 0.25) is 5.91 Å². The predicted octanol–water partition coefficient (Wildman–Crippen LogP) is 0.633. The Morgan fingerprint density at radius 3 is 2.88 bits per heavy atom. The zero-order valence-corrected chi connectivity index (χ0v) is 9.56. The molecule has 4 heteroatoms. The van der Waals surface area contributed by atoms with E-state index in [0.717, 1.165) is 16.8 Å². The van der Waals surface area contributed by atoms with Crippen LogP contribution >= 0.6 is 0 Å². The highest BCUT2D eigenvalue weighted by Crippen LogP contribution is 2.24. The van der Waals surface area contributed by atoms with E-state index < -0.39 is 0 Å². The molecule has 3 rings (SSSR count). The summed E-state index contributed by atoms with van der Waals surface area (Å²) in [6.07, 6.45) is 0. The minimum Gasteiger partial charge on any atom is -0.333 e. The number of hydrogen-bond donors (Lipinski definition) is 0. The fraction of sp³-hybridized carbons (Fsp3) is 0.308. The van der Waals surface area contributed by atoms with Crippen LogP contribution in [0.15, 0.2) is 34.3 Å². The molecule has 4 nitrogen and oxygen atoms in total. The molecule has 0 spiro atoms. The van der Waals surface area contributed by atoms with Crippen molar-refractivity contribution in [3.05, 3.63) is 45.6 Å². The second-order valence-corrected chi connectivity index (χ2v) is 4.42. The van der Waals surface area contributed by atoms with E-state index in [-0.39, 0.29) is 11.5 Å². The maximum atomic E-state index is 11.7. The van der Waals surface area contributed by atoms with Crippen LogP contribution in [-0.2, 0) is 11.3 Å². The Kier molecular flexibility index (Phi) is 2.06. The number of hydrogen-bond acceptors (Lipinski definition) is 2. The van der Waals surface area contributed by atoms with Crippen LogP contribution in [0.3, 0.4) is 0 Å². The normalized spacial score (nSPS) is 17.1. The fourth-order valence-corrected chi connectivity index (χ4v) is 2.36. The summed E-state index contributed by atoms with van der Waals surface area (Å²) in [7, 11) is 0. The van der Waals surface area contributed by atoms with Gasteiger partial charge < -0.3 is 9.47 Å². The summed E-state index contributed by atoms with van der Waals surface area (Å²) in [4.78, 5) is 24.9. The lowest BCUT2D eigenvalue weighted by molar-refractivity contribution is -0.127. The molecule has 0 atom stereocenters. The highest BCUT2D eigenvalue weighted by molar-refractivity contribution is 5.78. The van der Waals surface area contributed by atoms with Gasteiger partial charge in [-0.3, -0.25) is 9.59 Å². The lowest BCUT2D eigenvalue weighted by atomic mass is 10.0. The van der Waals surface area contributed by atoms with Crippen LogP contribution in [0, 0.1) is 0 Å². The summed E-state index contributed by atoms with van der Waals surface area (Å²) in [6.45, 7) is 3.24. The second kappa shape index (κ2) is 3.47. The van der Waals surface area contributed by atoms with Crippen LogP contribution in [0.1, 0.15) is 12.6 Å². The van der Waals surface area contributed by atoms with Crippen LogP contribution in [0.4, 0.5) is 0 Å². The van der Waals surface area contributed by atoms with Gasteiger partial charge in [0, 0.05) is 24.1 Å². The molecule has 1 aromatic rings. The van der Waals surface area contributed by atoms with E-state index in [0.29, 0.717) is 19.6 Å². The molecule has 0 saturated heterocycles. The summed E-state index contributed by atoms with van der Waals surface area (Å²) in [5.41, 5.74) is 6.13. The number of rotatable bonds is 0. The van der Waals surface area contributed by atoms with Crippen molar-refractivity contribution in [3.63, 3.8) is 0 Å². The molecule has 17 heavy (non-hydrogen) atoms. The van der Waals surface area contributed by atoms with E-state index in [1.807, 2.05) is 6.07 Å². The smallest absolute Gasteiger partial charge is 0.251 e. The van der Waals surface area contributed by atoms with Gasteiger partial charge in [-0.15, -0.1) is 5.73 Å². The lowest BCUT2D eigenvalue weighted by Gasteiger charge is -2.31. The van der Waals surface area contributed by atoms with Crippen LogP contribution < -0.4 is 5.56 Å². The van der Waals surface area contributed by atoms with Crippen LogP contribution in [0.25, 0.3) is 5.57 Å². The number of pyridine rings is 1. The molecule has 0 unspecified atom stereocenters. The van der Waals surface area contributed by atoms with Gasteiger partial charge in [-0.2, -0.15) is 0 Å². The molecule has 0 aliphatic carbocycles. The van der Waals surface area contributed by atoms with Crippen LogP contribution in [0.2, 0.25) is 0 Å². The number of carbonyl (C=O) groups is 1. The zero-order valence-electron chi connectivity index (χ0n) is 9.56. The third-order valence-electron chi connectivity index (χ3n) is 3.21. The molecule has 0 N–H and O–H groups in total. The number of carbonyl (C=O) groups excluding carboxylic acids is 1. The van der Waals surface area contributed by atoms with Crippen molar-refractivity contribution in [2.75, 3.05) is 13.1 Å². The number of aromatic nitrogens is 1. The molecule has 1 aromatic heterocycles. The molecule has 2 aliphatic heterocycles. The third kappa shape index (κ3) is 1.54. The van der Waals surface area contributed by atoms with E-state index in [1.165, 1.54) is 0 Å². The number of nitrogens with zero attached hydrogens (tertiary/aromatic N) is 2. The minimum absolute atomic E-state index is 0.00951. The molecule has 0 fully saturated rings. The van der Waals surface area contributed by atoms with Crippen LogP contribution in [0.5, 0.6) is 0 Å². The van der Waals surface area contributed by atoms with Crippen molar-refractivity contribution < 1.29 is 4.79 Å². The number of fused-ring (bicyclic) bond motifs is 2. The number of amides is 1. The molecule has 0 saturated carbocycles. The van der Waals surface area contributed by atoms with Gasteiger partial charge in [-0.25, -0.2) is 0 Å². The molecular formula is C13H12N2O2. The molecule has 0 aromatic carbocycles. The standard InChI is InChI=1S/C13H12N2O2/c1-9(16)14-6-10-5-11(8-14)12-3-2-4-13(17)15(12)7-10/h2-4H,6-8H2,1H3. The van der Waals surface area contributed by atoms with Gasteiger partial charge in [-0.1, -0.05) is 6.07 Å². The summed E-state index contributed by atoms with van der Waals surface area (Å²) in [5.74, 6) is 0.0632. The molecule has 3 heterocycles. The first kappa shape index (κ1) is 10.1. The van der Waals surface area contributed by atoms with Crippen molar-refractivity contribution in [2.45, 2.75) is 13.5 Å². The van der Waals surface area contributed by atoms with Crippen molar-refractivity contribution in [1.29, 1.82) is 0 Å². The average molecular weight is 228 g/mol. The Labute approximate surface area is 98.5 Å². The van der Waals surface area contributed by atoms with Crippen molar-refractivity contribution in [1.82, 2.24) is 9.47 Å². The zero-order chi connectivity index (χ0) is 12.0. The minimum atomic E-state index is 0.00951. The quantitative estimate of drug-likeness (QED) is 0.611. The van der Waals surface area contributed by atoms with Gasteiger partial charge in [-0.05, 0) is 6.07 Å². The van der Waals surface area contributed by atoms with E-state index in [9.17, 15) is 9.59 Å². The Morgan fingerprint density at radius 1 is 1.29 bits per heavy atom. The molecule has 2 aliphatic rings. The van der Waals surface area contributed by atoms with Gasteiger partial charge in [0.25, 0.3) is 5.56 Å². The highest BCUT2D eigenvalue weighted by atomic mass is 16.2. The highest BCUT2D eigenvalue weighted by Gasteiger charge is 2.24. The second-order valence-electron chi connectivity index (χ2n) is 4.42. The van der Waals surface area contributed by atoms with Gasteiger partial charge >= 0.3 is 0 Å². The summed E-state index contributed by atoms with van der Waals surface area (Å²) in [6, 6.07) is 5.22. The molecule has 2 bridgehead atoms. The van der Waals surface area contributed by atoms with Crippen molar-refractivity contribution >= 4 is 11.5 Å². The first-order valence-corrected chi connectivity index (χ1v) is 5.58. The predicted molar refractivity (Wildman–Crippen MR) is 63.4 cm³/mol. The van der Waals surface area contributed by atoms with Crippen molar-refractivity contribution in [2.24, 2.45) is 0 Å². The largest absolute Gasteiger partial charge is 0.333 e. The lowest BCUT2D eigenvalue weighted by Crippen LogP contribution is -2.39. The summed E-state index contributed by atoms with van der Waals surface area (Å²) < 4.78 is 1.75. The SMILES string of the molecule is CC(=O)N1CC2=C=C(C1)c1cccc(=O)n1C2. The van der Waals surface area contributed by atoms with Crippen LogP contribution in [-0.4, -0.2) is 28.5 Å². The Balaban J connectivity index is 2.11. The van der Waals surface area contributed by atoms with Gasteiger partial charge in [0.1, 0.15) is 0 Å². The molecular weight excluding hydrogens is 216 g/mol. The maximum Gasteiger partial charge on any atom is 0.251 e. The molecule has 86 valence electrons. The van der Waals surface area contributed by atoms with Gasteiger partial charge in [0.05, 0.1) is 25.3 Å². The van der Waals surface area contributed by atoms with E-state index in [1.54, 1.807) is 28.5 Å². The first-order chi connectivity index (χ1) is 8.15. The monoisotopic (exact) mass is 228 g/mol. The van der Waals surface area contributed by atoms with Crippen molar-refractivity contribution in [3.8, 4) is 0 Å². The topological polar surface area (TPSA) is 42.3 Å². The molecule has 0 radical (unpaired) electrons. The Hall–Kier alpha value is -2.06. The summed E-state index contributed by atoms with van der Waals surface area (Å²) in [5, 5.41) is 0. The van der Waals surface area contributed by atoms with E-state index >= 15 is 0 Å². The Bertz CT molecular complexity index is 633. The van der Waals surface area contributed by atoms with E-state index in [2.05, 4.69) is 5.73 Å². The molecule has 1 amide bonds. The average Bonchev–Trinajstić information content (AvgIpc) is 2.30. The van der Waals surface area contributed by atoms with Gasteiger partial charge in [0.15, 0.2) is 0 Å². The Morgan fingerprint density at radius 2 is 2.12 bits per heavy atom. The maximum absolute atomic E-state index is 11.7.